The molecule has 0 aromatic heterocycles. The van der Waals surface area contributed by atoms with E-state index in [1.807, 2.05) is 0 Å². The van der Waals surface area contributed by atoms with Gasteiger partial charge in [0.05, 0.1) is 6.10 Å². The van der Waals surface area contributed by atoms with Gasteiger partial charge in [0.15, 0.2) is 0 Å². The largest absolute Gasteiger partial charge is 0.393 e. The van der Waals surface area contributed by atoms with Crippen LogP contribution < -0.4 is 0 Å². The van der Waals surface area contributed by atoms with Gasteiger partial charge in [-0.25, -0.2) is 0 Å². The van der Waals surface area contributed by atoms with Gasteiger partial charge in [0.25, 0.3) is 0 Å². The van der Waals surface area contributed by atoms with E-state index < -0.39 is 0 Å². The van der Waals surface area contributed by atoms with Crippen LogP contribution in [-0.4, -0.2) is 11.2 Å². The standard InChI is InChI=1S/C24H42O/c25-24-17-22(15-16-23(24)21-9-5-2-6-10-21)20-13-11-19(12-14-20)18-7-3-1-4-8-18/h18-25H,1-17H2. The summed E-state index contributed by atoms with van der Waals surface area (Å²) in [4.78, 5) is 0. The molecule has 3 atom stereocenters. The van der Waals surface area contributed by atoms with Crippen molar-refractivity contribution in [1.82, 2.24) is 0 Å². The minimum Gasteiger partial charge on any atom is -0.393 e. The molecule has 144 valence electrons. The number of rotatable bonds is 3. The van der Waals surface area contributed by atoms with Gasteiger partial charge in [-0.1, -0.05) is 64.2 Å². The first-order chi connectivity index (χ1) is 12.3. The van der Waals surface area contributed by atoms with E-state index in [0.717, 1.165) is 36.0 Å². The van der Waals surface area contributed by atoms with Gasteiger partial charge in [-0.3, -0.25) is 0 Å². The molecule has 0 heterocycles. The first-order valence-electron chi connectivity index (χ1n) is 12.0. The molecule has 4 fully saturated rings. The maximum absolute atomic E-state index is 10.9. The zero-order valence-corrected chi connectivity index (χ0v) is 16.5. The molecule has 4 saturated carbocycles. The van der Waals surface area contributed by atoms with E-state index in [1.54, 1.807) is 0 Å². The van der Waals surface area contributed by atoms with Crippen molar-refractivity contribution in [2.75, 3.05) is 0 Å². The average molecular weight is 347 g/mol. The van der Waals surface area contributed by atoms with Gasteiger partial charge in [-0.15, -0.1) is 0 Å². The Kier molecular flexibility index (Phi) is 6.43. The Balaban J connectivity index is 1.24. The van der Waals surface area contributed by atoms with Crippen LogP contribution in [0.25, 0.3) is 0 Å². The molecule has 0 saturated heterocycles. The topological polar surface area (TPSA) is 20.2 Å². The highest BCUT2D eigenvalue weighted by Crippen LogP contribution is 2.47. The molecule has 0 amide bonds. The average Bonchev–Trinajstić information content (AvgIpc) is 2.69. The SMILES string of the molecule is OC1CC(C2CCC(C3CCCCC3)CC2)CCC1C1CCCCC1. The highest BCUT2D eigenvalue weighted by Gasteiger charge is 2.39. The van der Waals surface area contributed by atoms with Crippen LogP contribution in [0, 0.1) is 35.5 Å². The highest BCUT2D eigenvalue weighted by atomic mass is 16.3. The van der Waals surface area contributed by atoms with E-state index in [4.69, 9.17) is 0 Å². The summed E-state index contributed by atoms with van der Waals surface area (Å²) in [6.45, 7) is 0. The Morgan fingerprint density at radius 2 is 0.840 bits per heavy atom. The van der Waals surface area contributed by atoms with Crippen LogP contribution in [-0.2, 0) is 0 Å². The minimum absolute atomic E-state index is 0.0258. The fraction of sp³-hybridized carbons (Fsp3) is 1.00. The maximum Gasteiger partial charge on any atom is 0.0573 e. The molecule has 3 unspecified atom stereocenters. The molecule has 1 nitrogen and oxygen atoms in total. The van der Waals surface area contributed by atoms with Crippen molar-refractivity contribution < 1.29 is 5.11 Å². The van der Waals surface area contributed by atoms with Gasteiger partial charge >= 0.3 is 0 Å². The normalized spacial score (nSPS) is 42.4. The molecule has 25 heavy (non-hydrogen) atoms. The highest BCUT2D eigenvalue weighted by molar-refractivity contribution is 4.90. The van der Waals surface area contributed by atoms with Crippen LogP contribution in [0.15, 0.2) is 0 Å². The van der Waals surface area contributed by atoms with Crippen molar-refractivity contribution in [2.45, 2.75) is 115 Å². The Morgan fingerprint density at radius 1 is 0.400 bits per heavy atom. The van der Waals surface area contributed by atoms with E-state index in [0.29, 0.717) is 5.92 Å². The van der Waals surface area contributed by atoms with Crippen LogP contribution in [0.5, 0.6) is 0 Å². The molecule has 0 aliphatic heterocycles. The minimum atomic E-state index is 0.0258. The summed E-state index contributed by atoms with van der Waals surface area (Å²) in [5.41, 5.74) is 0. The van der Waals surface area contributed by atoms with Crippen molar-refractivity contribution in [3.63, 3.8) is 0 Å². The summed E-state index contributed by atoms with van der Waals surface area (Å²) in [5, 5.41) is 10.9. The number of aliphatic hydroxyl groups excluding tert-OH is 1. The van der Waals surface area contributed by atoms with Crippen molar-refractivity contribution >= 4 is 0 Å². The van der Waals surface area contributed by atoms with Gasteiger partial charge in [0.1, 0.15) is 0 Å². The number of hydrogen-bond donors (Lipinski definition) is 1. The summed E-state index contributed by atoms with van der Waals surface area (Å²) < 4.78 is 0. The van der Waals surface area contributed by atoms with E-state index in [1.165, 1.54) is 103 Å². The van der Waals surface area contributed by atoms with Crippen LogP contribution in [0.4, 0.5) is 0 Å². The zero-order valence-electron chi connectivity index (χ0n) is 16.5. The zero-order chi connectivity index (χ0) is 17.1. The molecule has 4 aliphatic carbocycles. The maximum atomic E-state index is 10.9. The number of hydrogen-bond acceptors (Lipinski definition) is 1. The summed E-state index contributed by atoms with van der Waals surface area (Å²) in [7, 11) is 0. The van der Waals surface area contributed by atoms with Gasteiger partial charge in [-0.05, 0) is 80.5 Å². The second-order valence-corrected chi connectivity index (χ2v) is 10.3. The molecule has 1 N–H and O–H groups in total. The van der Waals surface area contributed by atoms with Crippen molar-refractivity contribution in [3.8, 4) is 0 Å². The van der Waals surface area contributed by atoms with E-state index in [-0.39, 0.29) is 6.10 Å². The van der Waals surface area contributed by atoms with E-state index in [2.05, 4.69) is 0 Å². The smallest absolute Gasteiger partial charge is 0.0573 e. The first-order valence-corrected chi connectivity index (χ1v) is 12.0. The first kappa shape index (κ1) is 18.3. The second-order valence-electron chi connectivity index (χ2n) is 10.3. The number of aliphatic hydroxyl groups is 1. The molecule has 0 radical (unpaired) electrons. The van der Waals surface area contributed by atoms with Crippen LogP contribution in [0.1, 0.15) is 109 Å². The molecule has 0 aromatic rings. The molecule has 1 heteroatoms. The molecular weight excluding hydrogens is 304 g/mol. The lowest BCUT2D eigenvalue weighted by molar-refractivity contribution is -0.0140. The lowest BCUT2D eigenvalue weighted by atomic mass is 9.63. The summed E-state index contributed by atoms with van der Waals surface area (Å²) in [6.07, 6.45) is 24.5. The molecule has 0 aromatic carbocycles. The summed E-state index contributed by atoms with van der Waals surface area (Å²) >= 11 is 0. The van der Waals surface area contributed by atoms with E-state index in [9.17, 15) is 5.11 Å². The Labute approximate surface area is 156 Å². The third-order valence-corrected chi connectivity index (χ3v) is 8.96. The second kappa shape index (κ2) is 8.77. The summed E-state index contributed by atoms with van der Waals surface area (Å²) in [6, 6.07) is 0. The molecule has 4 rings (SSSR count). The van der Waals surface area contributed by atoms with Gasteiger partial charge in [0, 0.05) is 0 Å². The molecule has 0 bridgehead atoms. The Bertz CT molecular complexity index is 385. The van der Waals surface area contributed by atoms with Gasteiger partial charge in [0.2, 0.25) is 0 Å². The van der Waals surface area contributed by atoms with E-state index >= 15 is 0 Å². The third-order valence-electron chi connectivity index (χ3n) is 8.96. The quantitative estimate of drug-likeness (QED) is 0.600. The Morgan fingerprint density at radius 3 is 1.40 bits per heavy atom. The van der Waals surface area contributed by atoms with Crippen LogP contribution in [0.2, 0.25) is 0 Å². The Hall–Kier alpha value is -0.0400. The van der Waals surface area contributed by atoms with Crippen LogP contribution in [0.3, 0.4) is 0 Å². The van der Waals surface area contributed by atoms with Crippen molar-refractivity contribution in [3.05, 3.63) is 0 Å². The monoisotopic (exact) mass is 346 g/mol. The molecule has 0 spiro atoms. The third kappa shape index (κ3) is 4.45. The molecule has 4 aliphatic rings. The fourth-order valence-corrected chi connectivity index (χ4v) is 7.44. The lowest BCUT2D eigenvalue weighted by Gasteiger charge is -2.44. The van der Waals surface area contributed by atoms with Crippen molar-refractivity contribution in [2.24, 2.45) is 35.5 Å². The van der Waals surface area contributed by atoms with Crippen LogP contribution >= 0.6 is 0 Å². The molecular formula is C24H42O. The lowest BCUT2D eigenvalue weighted by Crippen LogP contribution is -2.38. The van der Waals surface area contributed by atoms with Gasteiger partial charge < -0.3 is 5.11 Å². The predicted octanol–water partition coefficient (Wildman–Crippen LogP) is 6.73. The van der Waals surface area contributed by atoms with Crippen molar-refractivity contribution in [1.29, 1.82) is 0 Å². The predicted molar refractivity (Wildman–Crippen MR) is 105 cm³/mol. The summed E-state index contributed by atoms with van der Waals surface area (Å²) in [5.74, 6) is 5.42. The van der Waals surface area contributed by atoms with Gasteiger partial charge in [-0.2, -0.15) is 0 Å². The fourth-order valence-electron chi connectivity index (χ4n) is 7.44.